The molecule has 1 fully saturated rings. The molecule has 1 aliphatic heterocycles. The molecule has 0 bridgehead atoms. The minimum Gasteiger partial charge on any atom is -0.299 e. The SMILES string of the molecule is N#CC1CCN(Cc2ccc(Cl)cc2)CC1. The van der Waals surface area contributed by atoms with Crippen molar-refractivity contribution in [2.24, 2.45) is 5.92 Å². The lowest BCUT2D eigenvalue weighted by molar-refractivity contribution is 0.198. The first-order chi connectivity index (χ1) is 7.78. The standard InChI is InChI=1S/C13H15ClN2/c14-13-3-1-12(2-4-13)10-16-7-5-11(9-15)6-8-16/h1-4,11H,5-8,10H2. The van der Waals surface area contributed by atoms with Crippen LogP contribution in [0.2, 0.25) is 5.02 Å². The van der Waals surface area contributed by atoms with Gasteiger partial charge in [0.2, 0.25) is 0 Å². The van der Waals surface area contributed by atoms with Gasteiger partial charge in [-0.25, -0.2) is 0 Å². The van der Waals surface area contributed by atoms with Crippen molar-refractivity contribution in [3.63, 3.8) is 0 Å². The fraction of sp³-hybridized carbons (Fsp3) is 0.462. The Labute approximate surface area is 101 Å². The second-order valence-corrected chi connectivity index (χ2v) is 4.74. The maximum absolute atomic E-state index is 8.81. The summed E-state index contributed by atoms with van der Waals surface area (Å²) in [6.45, 7) is 3.02. The zero-order valence-electron chi connectivity index (χ0n) is 9.19. The van der Waals surface area contributed by atoms with Crippen molar-refractivity contribution in [3.05, 3.63) is 34.9 Å². The van der Waals surface area contributed by atoms with Crippen LogP contribution < -0.4 is 0 Å². The lowest BCUT2D eigenvalue weighted by atomic mass is 9.98. The van der Waals surface area contributed by atoms with Gasteiger partial charge in [-0.15, -0.1) is 0 Å². The molecule has 0 amide bonds. The third kappa shape index (κ3) is 2.98. The summed E-state index contributed by atoms with van der Waals surface area (Å²) in [7, 11) is 0. The van der Waals surface area contributed by atoms with Gasteiger partial charge in [-0.2, -0.15) is 5.26 Å². The Morgan fingerprint density at radius 3 is 2.44 bits per heavy atom. The number of benzene rings is 1. The molecule has 0 unspecified atom stereocenters. The molecule has 2 rings (SSSR count). The third-order valence-corrected chi connectivity index (χ3v) is 3.34. The van der Waals surface area contributed by atoms with Crippen LogP contribution in [-0.2, 0) is 6.54 Å². The molecule has 0 spiro atoms. The topological polar surface area (TPSA) is 27.0 Å². The molecule has 84 valence electrons. The number of nitrogens with zero attached hydrogens (tertiary/aromatic N) is 2. The van der Waals surface area contributed by atoms with Gasteiger partial charge in [0.1, 0.15) is 0 Å². The van der Waals surface area contributed by atoms with Gasteiger partial charge in [0.25, 0.3) is 0 Å². The van der Waals surface area contributed by atoms with E-state index in [4.69, 9.17) is 16.9 Å². The zero-order valence-corrected chi connectivity index (χ0v) is 9.95. The number of piperidine rings is 1. The second kappa shape index (κ2) is 5.34. The van der Waals surface area contributed by atoms with E-state index in [0.717, 1.165) is 37.5 Å². The van der Waals surface area contributed by atoms with Crippen LogP contribution in [-0.4, -0.2) is 18.0 Å². The Morgan fingerprint density at radius 2 is 1.88 bits per heavy atom. The Bertz CT molecular complexity index is 372. The summed E-state index contributed by atoms with van der Waals surface area (Å²) < 4.78 is 0. The van der Waals surface area contributed by atoms with E-state index in [1.165, 1.54) is 5.56 Å². The molecule has 0 aliphatic carbocycles. The normalized spacial score (nSPS) is 18.2. The molecule has 2 nitrogen and oxygen atoms in total. The maximum atomic E-state index is 8.81. The van der Waals surface area contributed by atoms with E-state index in [-0.39, 0.29) is 5.92 Å². The summed E-state index contributed by atoms with van der Waals surface area (Å²) >= 11 is 5.84. The molecule has 0 saturated carbocycles. The molecule has 16 heavy (non-hydrogen) atoms. The molecular formula is C13H15ClN2. The molecule has 1 aliphatic rings. The van der Waals surface area contributed by atoms with Crippen LogP contribution in [0.25, 0.3) is 0 Å². The van der Waals surface area contributed by atoms with E-state index >= 15 is 0 Å². The summed E-state index contributed by atoms with van der Waals surface area (Å²) in [4.78, 5) is 2.40. The second-order valence-electron chi connectivity index (χ2n) is 4.31. The molecule has 0 radical (unpaired) electrons. The lowest BCUT2D eigenvalue weighted by Gasteiger charge is -2.28. The number of halogens is 1. The van der Waals surface area contributed by atoms with Crippen LogP contribution in [0, 0.1) is 17.2 Å². The fourth-order valence-electron chi connectivity index (χ4n) is 2.07. The maximum Gasteiger partial charge on any atom is 0.0656 e. The summed E-state index contributed by atoms with van der Waals surface area (Å²) in [5.74, 6) is 0.265. The third-order valence-electron chi connectivity index (χ3n) is 3.09. The van der Waals surface area contributed by atoms with Crippen molar-refractivity contribution in [1.82, 2.24) is 4.90 Å². The molecule has 0 aromatic heterocycles. The average Bonchev–Trinajstić information content (AvgIpc) is 2.33. The van der Waals surface area contributed by atoms with E-state index in [1.807, 2.05) is 12.1 Å². The van der Waals surface area contributed by atoms with Gasteiger partial charge in [0.05, 0.1) is 6.07 Å². The molecule has 1 aromatic carbocycles. The lowest BCUT2D eigenvalue weighted by Crippen LogP contribution is -2.32. The Morgan fingerprint density at radius 1 is 1.25 bits per heavy atom. The number of nitriles is 1. The largest absolute Gasteiger partial charge is 0.299 e. The van der Waals surface area contributed by atoms with E-state index in [1.54, 1.807) is 0 Å². The molecular weight excluding hydrogens is 220 g/mol. The van der Waals surface area contributed by atoms with Crippen LogP contribution in [0.4, 0.5) is 0 Å². The number of likely N-dealkylation sites (tertiary alicyclic amines) is 1. The Balaban J connectivity index is 1.87. The van der Waals surface area contributed by atoms with Crippen molar-refractivity contribution < 1.29 is 0 Å². The highest BCUT2D eigenvalue weighted by atomic mass is 35.5. The monoisotopic (exact) mass is 234 g/mol. The highest BCUT2D eigenvalue weighted by molar-refractivity contribution is 6.30. The molecule has 1 saturated heterocycles. The van der Waals surface area contributed by atoms with Crippen LogP contribution in [0.1, 0.15) is 18.4 Å². The predicted molar refractivity (Wildman–Crippen MR) is 65.1 cm³/mol. The quantitative estimate of drug-likeness (QED) is 0.787. The minimum atomic E-state index is 0.265. The highest BCUT2D eigenvalue weighted by Crippen LogP contribution is 2.18. The first kappa shape index (κ1) is 11.4. The van der Waals surface area contributed by atoms with Crippen LogP contribution >= 0.6 is 11.6 Å². The van der Waals surface area contributed by atoms with Crippen LogP contribution in [0.3, 0.4) is 0 Å². The van der Waals surface area contributed by atoms with Gasteiger partial charge in [-0.1, -0.05) is 23.7 Å². The highest BCUT2D eigenvalue weighted by Gasteiger charge is 2.18. The zero-order chi connectivity index (χ0) is 11.4. The number of hydrogen-bond donors (Lipinski definition) is 0. The van der Waals surface area contributed by atoms with Crippen molar-refractivity contribution in [3.8, 4) is 6.07 Å². The summed E-state index contributed by atoms with van der Waals surface area (Å²) in [6, 6.07) is 10.3. The van der Waals surface area contributed by atoms with Crippen LogP contribution in [0.15, 0.2) is 24.3 Å². The molecule has 3 heteroatoms. The Hall–Kier alpha value is -1.04. The number of hydrogen-bond acceptors (Lipinski definition) is 2. The fourth-order valence-corrected chi connectivity index (χ4v) is 2.19. The van der Waals surface area contributed by atoms with Gasteiger partial charge in [-0.3, -0.25) is 4.90 Å². The van der Waals surface area contributed by atoms with Gasteiger partial charge in [0, 0.05) is 17.5 Å². The Kier molecular flexibility index (Phi) is 3.82. The predicted octanol–water partition coefficient (Wildman–Crippen LogP) is 3.08. The van der Waals surface area contributed by atoms with Crippen molar-refractivity contribution in [2.75, 3.05) is 13.1 Å². The summed E-state index contributed by atoms with van der Waals surface area (Å²) in [5.41, 5.74) is 1.29. The van der Waals surface area contributed by atoms with Crippen LogP contribution in [0.5, 0.6) is 0 Å². The van der Waals surface area contributed by atoms with E-state index in [0.29, 0.717) is 0 Å². The van der Waals surface area contributed by atoms with E-state index < -0.39 is 0 Å². The smallest absolute Gasteiger partial charge is 0.0656 e. The van der Waals surface area contributed by atoms with Gasteiger partial charge < -0.3 is 0 Å². The molecule has 0 N–H and O–H groups in total. The average molecular weight is 235 g/mol. The van der Waals surface area contributed by atoms with E-state index in [2.05, 4.69) is 23.1 Å². The number of rotatable bonds is 2. The van der Waals surface area contributed by atoms with Crippen molar-refractivity contribution >= 4 is 11.6 Å². The molecule has 0 atom stereocenters. The molecule has 1 aromatic rings. The summed E-state index contributed by atoms with van der Waals surface area (Å²) in [5, 5.41) is 9.60. The molecule has 1 heterocycles. The summed E-state index contributed by atoms with van der Waals surface area (Å²) in [6.07, 6.45) is 2.01. The first-order valence-electron chi connectivity index (χ1n) is 5.64. The van der Waals surface area contributed by atoms with E-state index in [9.17, 15) is 0 Å². The van der Waals surface area contributed by atoms with Crippen molar-refractivity contribution in [1.29, 1.82) is 5.26 Å². The van der Waals surface area contributed by atoms with Crippen molar-refractivity contribution in [2.45, 2.75) is 19.4 Å². The van der Waals surface area contributed by atoms with Gasteiger partial charge in [-0.05, 0) is 43.6 Å². The minimum absolute atomic E-state index is 0.265. The van der Waals surface area contributed by atoms with Gasteiger partial charge >= 0.3 is 0 Å². The first-order valence-corrected chi connectivity index (χ1v) is 6.02. The van der Waals surface area contributed by atoms with Gasteiger partial charge in [0.15, 0.2) is 0 Å².